The summed E-state index contributed by atoms with van der Waals surface area (Å²) in [5.41, 5.74) is 2.11. The number of halogens is 1. The van der Waals surface area contributed by atoms with Crippen molar-refractivity contribution in [1.82, 2.24) is 4.57 Å². The smallest absolute Gasteiger partial charge is 0.152 e. The Morgan fingerprint density at radius 3 is 2.53 bits per heavy atom. The molecular weight excluding hydrogens is 210 g/mol. The van der Waals surface area contributed by atoms with Crippen LogP contribution in [0.25, 0.3) is 11.1 Å². The molecule has 0 aliphatic carbocycles. The molecule has 0 spiro atoms. The van der Waals surface area contributed by atoms with Crippen LogP contribution in [0.1, 0.15) is 41.5 Å². The second-order valence-electron chi connectivity index (χ2n) is 3.57. The van der Waals surface area contributed by atoms with E-state index >= 15 is 0 Å². The lowest BCUT2D eigenvalue weighted by Crippen LogP contribution is -2.02. The predicted octanol–water partition coefficient (Wildman–Crippen LogP) is 3.73. The molecule has 0 aliphatic rings. The van der Waals surface area contributed by atoms with Crippen LogP contribution >= 0.6 is 11.6 Å². The third-order valence-electron chi connectivity index (χ3n) is 2.25. The molecule has 1 rings (SSSR count). The second-order valence-corrected chi connectivity index (χ2v) is 4.03. The van der Waals surface area contributed by atoms with Gasteiger partial charge < -0.3 is 4.57 Å². The molecule has 1 aromatic heterocycles. The van der Waals surface area contributed by atoms with Crippen LogP contribution < -0.4 is 0 Å². The number of hydrogen-bond donors (Lipinski definition) is 0. The number of carbonyl (C=O) groups is 1. The first-order chi connectivity index (χ1) is 7.02. The number of nitrogens with zero attached hydrogens (tertiary/aromatic N) is 1. The van der Waals surface area contributed by atoms with Gasteiger partial charge in [0.05, 0.1) is 10.7 Å². The molecule has 3 heteroatoms. The van der Waals surface area contributed by atoms with Crippen molar-refractivity contribution >= 4 is 29.0 Å². The highest BCUT2D eigenvalue weighted by Crippen LogP contribution is 2.29. The first-order valence-corrected chi connectivity index (χ1v) is 5.08. The molecule has 0 atom stereocenters. The van der Waals surface area contributed by atoms with Gasteiger partial charge in [0.2, 0.25) is 0 Å². The summed E-state index contributed by atoms with van der Waals surface area (Å²) in [4.78, 5) is 10.9. The van der Waals surface area contributed by atoms with Gasteiger partial charge in [0, 0.05) is 23.4 Å². The van der Waals surface area contributed by atoms with Crippen LogP contribution in [-0.2, 0) is 0 Å². The largest absolute Gasteiger partial charge is 0.343 e. The summed E-state index contributed by atoms with van der Waals surface area (Å²) in [5, 5.41) is 0.423. The monoisotopic (exact) mass is 223 g/mol. The molecule has 0 aromatic carbocycles. The molecule has 0 saturated carbocycles. The van der Waals surface area contributed by atoms with Crippen LogP contribution in [0.3, 0.4) is 0 Å². The van der Waals surface area contributed by atoms with Crippen molar-refractivity contribution < 1.29 is 4.79 Å². The molecule has 0 N–H and O–H groups in total. The second kappa shape index (κ2) is 4.49. The fourth-order valence-electron chi connectivity index (χ4n) is 1.56. The minimum Gasteiger partial charge on any atom is -0.343 e. The minimum atomic E-state index is 0.225. The Balaban J connectivity index is 3.53. The third-order valence-corrected chi connectivity index (χ3v) is 2.43. The Bertz CT molecular complexity index is 416. The van der Waals surface area contributed by atoms with Gasteiger partial charge in [-0.1, -0.05) is 30.8 Å². The maximum atomic E-state index is 10.9. The lowest BCUT2D eigenvalue weighted by molar-refractivity contribution is 0.112. The zero-order chi connectivity index (χ0) is 11.6. The van der Waals surface area contributed by atoms with Crippen LogP contribution in [0.15, 0.2) is 19.4 Å². The summed E-state index contributed by atoms with van der Waals surface area (Å²) >= 11 is 5.93. The van der Waals surface area contributed by atoms with Gasteiger partial charge in [-0.2, -0.15) is 0 Å². The van der Waals surface area contributed by atoms with Crippen molar-refractivity contribution in [3.05, 3.63) is 36.2 Å². The van der Waals surface area contributed by atoms with Crippen LogP contribution in [0.4, 0.5) is 0 Å². The van der Waals surface area contributed by atoms with Crippen molar-refractivity contribution in [3.63, 3.8) is 0 Å². The first kappa shape index (κ1) is 11.8. The zero-order valence-electron chi connectivity index (χ0n) is 8.96. The molecule has 0 bridgehead atoms. The van der Waals surface area contributed by atoms with Gasteiger partial charge in [-0.3, -0.25) is 4.79 Å². The van der Waals surface area contributed by atoms with Crippen molar-refractivity contribution in [3.8, 4) is 0 Å². The average Bonchev–Trinajstić information content (AvgIpc) is 2.55. The van der Waals surface area contributed by atoms with Gasteiger partial charge in [-0.15, -0.1) is 0 Å². The molecule has 0 aliphatic heterocycles. The molecule has 0 fully saturated rings. The van der Waals surface area contributed by atoms with Crippen molar-refractivity contribution in [1.29, 1.82) is 0 Å². The fourth-order valence-corrected chi connectivity index (χ4v) is 1.76. The van der Waals surface area contributed by atoms with E-state index < -0.39 is 0 Å². The van der Waals surface area contributed by atoms with Crippen LogP contribution in [0.2, 0.25) is 0 Å². The molecule has 2 nitrogen and oxygen atoms in total. The van der Waals surface area contributed by atoms with E-state index in [1.165, 1.54) is 0 Å². The Morgan fingerprint density at radius 1 is 1.60 bits per heavy atom. The van der Waals surface area contributed by atoms with Gasteiger partial charge in [-0.05, 0) is 13.8 Å². The van der Waals surface area contributed by atoms with E-state index in [9.17, 15) is 4.79 Å². The van der Waals surface area contributed by atoms with E-state index in [4.69, 9.17) is 11.6 Å². The normalized spacial score (nSPS) is 10.4. The highest BCUT2D eigenvalue weighted by Gasteiger charge is 2.16. The molecule has 1 aromatic rings. The van der Waals surface area contributed by atoms with Crippen molar-refractivity contribution in [2.75, 3.05) is 0 Å². The van der Waals surface area contributed by atoms with E-state index in [-0.39, 0.29) is 6.04 Å². The number of hydrogen-bond acceptors (Lipinski definition) is 1. The maximum Gasteiger partial charge on any atom is 0.152 e. The first-order valence-electron chi connectivity index (χ1n) is 4.70. The highest BCUT2D eigenvalue weighted by molar-refractivity contribution is 6.48. The van der Waals surface area contributed by atoms with Crippen molar-refractivity contribution in [2.24, 2.45) is 0 Å². The topological polar surface area (TPSA) is 22.0 Å². The van der Waals surface area contributed by atoms with Gasteiger partial charge in [0.25, 0.3) is 0 Å². The number of rotatable bonds is 4. The molecule has 0 unspecified atom stereocenters. The highest BCUT2D eigenvalue weighted by atomic mass is 35.5. The minimum absolute atomic E-state index is 0.225. The molecule has 0 amide bonds. The summed E-state index contributed by atoms with van der Waals surface area (Å²) in [6, 6.07) is 0.225. The summed E-state index contributed by atoms with van der Waals surface area (Å²) in [7, 11) is 0. The molecule has 15 heavy (non-hydrogen) atoms. The third kappa shape index (κ3) is 2.05. The van der Waals surface area contributed by atoms with E-state index in [1.807, 2.05) is 18.4 Å². The Labute approximate surface area is 94.9 Å². The Morgan fingerprint density at radius 2 is 2.20 bits per heavy atom. The number of aldehydes is 1. The van der Waals surface area contributed by atoms with Crippen molar-refractivity contribution in [2.45, 2.75) is 19.9 Å². The molecule has 1 heterocycles. The average molecular weight is 224 g/mol. The molecule has 0 radical (unpaired) electrons. The van der Waals surface area contributed by atoms with Gasteiger partial charge in [-0.25, -0.2) is 0 Å². The number of carbonyl (C=O) groups excluding carboxylic acids is 1. The van der Waals surface area contributed by atoms with Crippen LogP contribution in [-0.4, -0.2) is 10.9 Å². The van der Waals surface area contributed by atoms with Crippen LogP contribution in [0, 0.1) is 0 Å². The summed E-state index contributed by atoms with van der Waals surface area (Å²) in [5.74, 6) is 0. The van der Waals surface area contributed by atoms with E-state index in [0.29, 0.717) is 10.6 Å². The SMILES string of the molecule is C=Cc1c(C=O)cn(C(C)C)c1C(=C)Cl. The Hall–Kier alpha value is -1.28. The standard InChI is InChI=1S/C12H14ClNO/c1-5-11-10(7-15)6-14(8(2)3)12(11)9(4)13/h5-8H,1,4H2,2-3H3. The quantitative estimate of drug-likeness (QED) is 0.713. The molecular formula is C12H14ClNO. The van der Waals surface area contributed by atoms with Crippen LogP contribution in [0.5, 0.6) is 0 Å². The maximum absolute atomic E-state index is 10.9. The Kier molecular flexibility index (Phi) is 3.53. The molecule has 0 saturated heterocycles. The molecule has 80 valence electrons. The lowest BCUT2D eigenvalue weighted by Gasteiger charge is -2.12. The zero-order valence-corrected chi connectivity index (χ0v) is 9.71. The lowest BCUT2D eigenvalue weighted by atomic mass is 10.1. The van der Waals surface area contributed by atoms with Gasteiger partial charge in [0.15, 0.2) is 6.29 Å². The summed E-state index contributed by atoms with van der Waals surface area (Å²) in [6.45, 7) is 11.4. The number of aromatic nitrogens is 1. The fraction of sp³-hybridized carbons (Fsp3) is 0.250. The summed E-state index contributed by atoms with van der Waals surface area (Å²) < 4.78 is 1.93. The van der Waals surface area contributed by atoms with Gasteiger partial charge >= 0.3 is 0 Å². The predicted molar refractivity (Wildman–Crippen MR) is 65.2 cm³/mol. The van der Waals surface area contributed by atoms with Gasteiger partial charge in [0.1, 0.15) is 0 Å². The van der Waals surface area contributed by atoms with E-state index in [0.717, 1.165) is 17.5 Å². The van der Waals surface area contributed by atoms with E-state index in [2.05, 4.69) is 13.2 Å². The van der Waals surface area contributed by atoms with E-state index in [1.54, 1.807) is 12.3 Å². The summed E-state index contributed by atoms with van der Waals surface area (Å²) in [6.07, 6.45) is 4.21.